The highest BCUT2D eigenvalue weighted by Gasteiger charge is 2.41. The van der Waals surface area contributed by atoms with Crippen molar-refractivity contribution in [3.05, 3.63) is 59.5 Å². The number of fused-ring (bicyclic) bond motifs is 1. The summed E-state index contributed by atoms with van der Waals surface area (Å²) in [5.41, 5.74) is 1.35. The van der Waals surface area contributed by atoms with Gasteiger partial charge in [0, 0.05) is 55.1 Å². The Hall–Kier alpha value is -4.55. The van der Waals surface area contributed by atoms with Crippen LogP contribution in [0.4, 0.5) is 10.5 Å². The van der Waals surface area contributed by atoms with E-state index < -0.39 is 6.03 Å². The zero-order valence-corrected chi connectivity index (χ0v) is 26.5. The van der Waals surface area contributed by atoms with Crippen LogP contribution in [0.25, 0.3) is 10.9 Å². The number of carbonyl (C=O) groups is 2. The number of hydrogen-bond donors (Lipinski definition) is 2. The number of halogens is 1. The molecule has 3 aliphatic heterocycles. The maximum Gasteiger partial charge on any atom is 0.324 e. The summed E-state index contributed by atoms with van der Waals surface area (Å²) >= 11 is 6.47. The number of aromatic nitrogens is 1. The highest BCUT2D eigenvalue weighted by molar-refractivity contribution is 6.34. The third-order valence-corrected chi connectivity index (χ3v) is 8.64. The quantitative estimate of drug-likeness (QED) is 0.260. The molecule has 1 aromatic heterocycles. The molecule has 2 fully saturated rings. The number of nitrogens with zero attached hydrogens (tertiary/aromatic N) is 3. The molecule has 242 valence electrons. The predicted octanol–water partition coefficient (Wildman–Crippen LogP) is 6.25. The molecule has 2 N–H and O–H groups in total. The molecule has 0 saturated carbocycles. The Labute approximate surface area is 271 Å². The van der Waals surface area contributed by atoms with Gasteiger partial charge in [-0.3, -0.25) is 15.1 Å². The number of benzene rings is 2. The molecule has 6 rings (SSSR count). The fourth-order valence-corrected chi connectivity index (χ4v) is 5.77. The van der Waals surface area contributed by atoms with Gasteiger partial charge in [-0.15, -0.1) is 0 Å². The number of methoxy groups -OCH3 is 1. The van der Waals surface area contributed by atoms with E-state index >= 15 is 0 Å². The number of oxime groups is 1. The van der Waals surface area contributed by atoms with Crippen LogP contribution in [0.2, 0.25) is 5.02 Å². The van der Waals surface area contributed by atoms with E-state index in [1.54, 1.807) is 50.6 Å². The number of amidine groups is 1. The van der Waals surface area contributed by atoms with E-state index in [-0.39, 0.29) is 10.9 Å². The Morgan fingerprint density at radius 2 is 1.89 bits per heavy atom. The number of allylic oxidation sites excluding steroid dienone is 1. The Balaban J connectivity index is 1.04. The third kappa shape index (κ3) is 7.29. The van der Waals surface area contributed by atoms with Gasteiger partial charge in [-0.05, 0) is 56.5 Å². The highest BCUT2D eigenvalue weighted by Crippen LogP contribution is 2.39. The lowest BCUT2D eigenvalue weighted by atomic mass is 9.77. The standard InChI is InChI=1S/C33H36ClN5O7/c1-21-5-8-30(38-46-21)37-32(41)36-25-7-6-22(16-24(25)34)45-27-9-12-35-26-18-29(28(42-2)17-23(26)27)44-15-3-4-31(40)39-13-10-33(11-14-39)19-43-20-33/h5-7,9,12,16-18H,3-4,8,10-11,13-15,19-20H2,1-2H3,(H2,36,37,38,41). The summed E-state index contributed by atoms with van der Waals surface area (Å²) < 4.78 is 23.2. The van der Waals surface area contributed by atoms with Gasteiger partial charge in [0.1, 0.15) is 17.3 Å². The molecule has 3 aliphatic rings. The molecule has 3 amide bonds. The van der Waals surface area contributed by atoms with Gasteiger partial charge >= 0.3 is 6.03 Å². The lowest BCUT2D eigenvalue weighted by molar-refractivity contribution is -0.153. The normalized spacial score (nSPS) is 16.9. The van der Waals surface area contributed by atoms with E-state index in [0.717, 1.165) is 39.1 Å². The van der Waals surface area contributed by atoms with Crippen molar-refractivity contribution in [1.29, 1.82) is 0 Å². The minimum atomic E-state index is -0.498. The van der Waals surface area contributed by atoms with Crippen LogP contribution in [-0.2, 0) is 14.4 Å². The number of nitrogens with one attached hydrogen (secondary N) is 2. The van der Waals surface area contributed by atoms with Crippen LogP contribution >= 0.6 is 11.6 Å². The topological polar surface area (TPSA) is 133 Å². The van der Waals surface area contributed by atoms with E-state index in [2.05, 4.69) is 20.8 Å². The maximum absolute atomic E-state index is 12.7. The summed E-state index contributed by atoms with van der Waals surface area (Å²) in [7, 11) is 1.57. The van der Waals surface area contributed by atoms with E-state index in [0.29, 0.717) is 82.5 Å². The fourth-order valence-electron chi connectivity index (χ4n) is 5.55. The summed E-state index contributed by atoms with van der Waals surface area (Å²) in [5.74, 6) is 3.26. The second-order valence-corrected chi connectivity index (χ2v) is 12.0. The van der Waals surface area contributed by atoms with Crippen LogP contribution < -0.4 is 24.8 Å². The molecule has 12 nitrogen and oxygen atoms in total. The molecule has 0 atom stereocenters. The number of likely N-dealkylation sites (tertiary alicyclic amines) is 1. The number of urea groups is 1. The average Bonchev–Trinajstić information content (AvgIpc) is 3.04. The third-order valence-electron chi connectivity index (χ3n) is 8.33. The second-order valence-electron chi connectivity index (χ2n) is 11.6. The van der Waals surface area contributed by atoms with Crippen molar-refractivity contribution in [2.45, 2.75) is 39.0 Å². The average molecular weight is 650 g/mol. The van der Waals surface area contributed by atoms with Gasteiger partial charge in [0.25, 0.3) is 0 Å². The molecule has 2 saturated heterocycles. The van der Waals surface area contributed by atoms with Gasteiger partial charge < -0.3 is 34.0 Å². The van der Waals surface area contributed by atoms with Crippen LogP contribution in [0.15, 0.2) is 59.6 Å². The molecule has 13 heteroatoms. The van der Waals surface area contributed by atoms with Gasteiger partial charge in [-0.2, -0.15) is 0 Å². The first-order chi connectivity index (χ1) is 22.3. The fraction of sp³-hybridized carbons (Fsp3) is 0.394. The number of pyridine rings is 1. The number of rotatable bonds is 9. The van der Waals surface area contributed by atoms with Crippen LogP contribution in [0, 0.1) is 5.41 Å². The van der Waals surface area contributed by atoms with E-state index in [4.69, 9.17) is 35.4 Å². The zero-order valence-electron chi connectivity index (χ0n) is 25.8. The Bertz CT molecular complexity index is 1680. The molecule has 46 heavy (non-hydrogen) atoms. The summed E-state index contributed by atoms with van der Waals surface area (Å²) in [4.78, 5) is 36.7. The second kappa shape index (κ2) is 13.8. The van der Waals surface area contributed by atoms with Crippen LogP contribution in [0.3, 0.4) is 0 Å². The molecule has 0 unspecified atom stereocenters. The number of hydrogen-bond acceptors (Lipinski definition) is 9. The Morgan fingerprint density at radius 1 is 1.07 bits per heavy atom. The molecule has 4 heterocycles. The van der Waals surface area contributed by atoms with Gasteiger partial charge in [-0.1, -0.05) is 16.8 Å². The maximum atomic E-state index is 12.7. The number of piperidine rings is 1. The smallest absolute Gasteiger partial charge is 0.324 e. The SMILES string of the molecule is COc1cc2c(Oc3ccc(NC(=O)NC4=NOC(C)=CC4)c(Cl)c3)ccnc2cc1OCCCC(=O)N1CCC2(CC1)COC2. The van der Waals surface area contributed by atoms with E-state index in [9.17, 15) is 9.59 Å². The van der Waals surface area contributed by atoms with Crippen LogP contribution in [0.5, 0.6) is 23.0 Å². The minimum Gasteiger partial charge on any atom is -0.493 e. The van der Waals surface area contributed by atoms with E-state index in [1.807, 2.05) is 17.0 Å². The molecule has 2 aromatic carbocycles. The first-order valence-electron chi connectivity index (χ1n) is 15.2. The van der Waals surface area contributed by atoms with Gasteiger partial charge in [0.2, 0.25) is 5.91 Å². The van der Waals surface area contributed by atoms with Crippen LogP contribution in [0.1, 0.15) is 39.0 Å². The zero-order chi connectivity index (χ0) is 32.1. The van der Waals surface area contributed by atoms with Crippen molar-refractivity contribution in [2.24, 2.45) is 10.6 Å². The van der Waals surface area contributed by atoms with Crippen molar-refractivity contribution in [3.8, 4) is 23.0 Å². The molecular weight excluding hydrogens is 614 g/mol. The highest BCUT2D eigenvalue weighted by atomic mass is 35.5. The summed E-state index contributed by atoms with van der Waals surface area (Å²) in [6.07, 6.45) is 6.96. The Morgan fingerprint density at radius 3 is 2.59 bits per heavy atom. The number of amides is 3. The Kier molecular flexibility index (Phi) is 9.46. The molecule has 0 radical (unpaired) electrons. The van der Waals surface area contributed by atoms with Crippen molar-refractivity contribution >= 4 is 46.0 Å². The molecule has 3 aromatic rings. The largest absolute Gasteiger partial charge is 0.493 e. The molecule has 1 spiro atoms. The molecule has 0 bridgehead atoms. The summed E-state index contributed by atoms with van der Waals surface area (Å²) in [6, 6.07) is 9.80. The van der Waals surface area contributed by atoms with E-state index in [1.165, 1.54) is 0 Å². The lowest BCUT2D eigenvalue weighted by Crippen LogP contribution is -2.52. The monoisotopic (exact) mass is 649 g/mol. The molecular formula is C33H36ClN5O7. The number of anilines is 1. The summed E-state index contributed by atoms with van der Waals surface area (Å²) in [6.45, 7) is 5.40. The van der Waals surface area contributed by atoms with Gasteiger partial charge in [-0.25, -0.2) is 4.79 Å². The number of carbonyl (C=O) groups excluding carboxylic acids is 2. The van der Waals surface area contributed by atoms with Crippen molar-refractivity contribution in [3.63, 3.8) is 0 Å². The van der Waals surface area contributed by atoms with Crippen molar-refractivity contribution in [1.82, 2.24) is 15.2 Å². The first-order valence-corrected chi connectivity index (χ1v) is 15.6. The minimum absolute atomic E-state index is 0.164. The summed E-state index contributed by atoms with van der Waals surface area (Å²) in [5, 5.41) is 10.2. The van der Waals surface area contributed by atoms with Gasteiger partial charge in [0.05, 0.1) is 43.2 Å². The first kappa shape index (κ1) is 31.4. The number of ether oxygens (including phenoxy) is 4. The van der Waals surface area contributed by atoms with Gasteiger partial charge in [0.15, 0.2) is 17.3 Å². The molecule has 0 aliphatic carbocycles. The lowest BCUT2D eigenvalue weighted by Gasteiger charge is -2.47. The van der Waals surface area contributed by atoms with Crippen molar-refractivity contribution < 1.29 is 33.4 Å². The van der Waals surface area contributed by atoms with Crippen LogP contribution in [-0.4, -0.2) is 67.7 Å². The predicted molar refractivity (Wildman–Crippen MR) is 173 cm³/mol. The van der Waals surface area contributed by atoms with Crippen molar-refractivity contribution in [2.75, 3.05) is 45.3 Å².